The van der Waals surface area contributed by atoms with E-state index in [1.165, 1.54) is 10.4 Å². The third kappa shape index (κ3) is 4.48. The molecule has 1 atom stereocenters. The molecule has 0 aliphatic rings. The lowest BCUT2D eigenvalue weighted by molar-refractivity contribution is -0.108. The molecule has 0 radical (unpaired) electrons. The average molecular weight is 464 g/mol. The fraction of sp³-hybridized carbons (Fsp3) is 0.286. The van der Waals surface area contributed by atoms with E-state index in [0.717, 1.165) is 6.29 Å². The zero-order valence-electron chi connectivity index (χ0n) is 15.0. The molecule has 0 fully saturated rings. The van der Waals surface area contributed by atoms with Crippen molar-refractivity contribution in [2.24, 2.45) is 0 Å². The maximum Gasteiger partial charge on any atom is 0.261 e. The van der Waals surface area contributed by atoms with Crippen LogP contribution in [0.3, 0.4) is 0 Å². The number of benzene rings is 2. The SMILES string of the molecule is CC(C)(C)[Si](O[C@@H](/C=C/I)CC=O)(c1ccccc1)c1ccccc1. The third-order valence-corrected chi connectivity index (χ3v) is 9.84. The first kappa shape index (κ1) is 20.1. The van der Waals surface area contributed by atoms with E-state index in [4.69, 9.17) is 4.43 Å². The summed E-state index contributed by atoms with van der Waals surface area (Å²) in [6.07, 6.45) is 3.07. The molecule has 0 aromatic heterocycles. The molecule has 2 rings (SSSR count). The predicted octanol–water partition coefficient (Wildman–Crippen LogP) is 4.47. The standard InChI is InChI=1S/C21H25IO2Si/c1-21(2,3)25(19-10-6-4-7-11-19,20-12-8-5-9-13-20)24-18(14-16-22)15-17-23/h4-14,16-18H,15H2,1-3H3/b16-14+/t18-/m0/s1. The summed E-state index contributed by atoms with van der Waals surface area (Å²) in [5.41, 5.74) is 0. The minimum absolute atomic E-state index is 0.0873. The fourth-order valence-corrected chi connectivity index (χ4v) is 8.37. The van der Waals surface area contributed by atoms with Crippen LogP contribution in [0.1, 0.15) is 27.2 Å². The predicted molar refractivity (Wildman–Crippen MR) is 116 cm³/mol. The Hall–Kier alpha value is -1.24. The van der Waals surface area contributed by atoms with Crippen molar-refractivity contribution in [2.75, 3.05) is 0 Å². The molecule has 2 aromatic carbocycles. The molecule has 0 saturated heterocycles. The summed E-state index contributed by atoms with van der Waals surface area (Å²) in [5, 5.41) is 2.37. The minimum Gasteiger partial charge on any atom is -0.401 e. The first-order valence-corrected chi connectivity index (χ1v) is 11.6. The van der Waals surface area contributed by atoms with Crippen LogP contribution in [0.5, 0.6) is 0 Å². The second-order valence-electron chi connectivity index (χ2n) is 7.04. The van der Waals surface area contributed by atoms with Gasteiger partial charge < -0.3 is 9.22 Å². The lowest BCUT2D eigenvalue weighted by atomic mass is 10.2. The Morgan fingerprint density at radius 2 is 1.48 bits per heavy atom. The van der Waals surface area contributed by atoms with Gasteiger partial charge in [0.2, 0.25) is 0 Å². The topological polar surface area (TPSA) is 26.3 Å². The third-order valence-electron chi connectivity index (χ3n) is 4.36. The summed E-state index contributed by atoms with van der Waals surface area (Å²) in [6.45, 7) is 6.72. The molecule has 0 unspecified atom stereocenters. The van der Waals surface area contributed by atoms with Gasteiger partial charge in [-0.3, -0.25) is 0 Å². The number of carbonyl (C=O) groups is 1. The Bertz CT molecular complexity index is 653. The Morgan fingerprint density at radius 1 is 1.00 bits per heavy atom. The number of halogens is 1. The van der Waals surface area contributed by atoms with Gasteiger partial charge in [0, 0.05) is 6.42 Å². The lowest BCUT2D eigenvalue weighted by Crippen LogP contribution is -2.67. The van der Waals surface area contributed by atoms with Gasteiger partial charge >= 0.3 is 0 Å². The van der Waals surface area contributed by atoms with Crippen molar-refractivity contribution in [2.45, 2.75) is 38.3 Å². The molecule has 0 aliphatic heterocycles. The molecule has 2 aromatic rings. The molecule has 25 heavy (non-hydrogen) atoms. The van der Waals surface area contributed by atoms with Crippen molar-refractivity contribution >= 4 is 47.6 Å². The van der Waals surface area contributed by atoms with E-state index in [-0.39, 0.29) is 11.1 Å². The molecule has 4 heteroatoms. The normalized spacial score (nSPS) is 13.8. The minimum atomic E-state index is -2.60. The van der Waals surface area contributed by atoms with E-state index < -0.39 is 8.32 Å². The fourth-order valence-electron chi connectivity index (χ4n) is 3.26. The van der Waals surface area contributed by atoms with Gasteiger partial charge in [-0.15, -0.1) is 0 Å². The van der Waals surface area contributed by atoms with Gasteiger partial charge in [-0.1, -0.05) is 110 Å². The van der Waals surface area contributed by atoms with Gasteiger partial charge in [0.1, 0.15) is 6.29 Å². The van der Waals surface area contributed by atoms with E-state index in [9.17, 15) is 4.79 Å². The largest absolute Gasteiger partial charge is 0.401 e. The smallest absolute Gasteiger partial charge is 0.261 e. The van der Waals surface area contributed by atoms with Crippen LogP contribution < -0.4 is 10.4 Å². The first-order chi connectivity index (χ1) is 12.0. The second kappa shape index (κ2) is 8.92. The Labute approximate surface area is 165 Å². The van der Waals surface area contributed by atoms with E-state index in [1.807, 2.05) is 22.3 Å². The van der Waals surface area contributed by atoms with Gasteiger partial charge in [0.25, 0.3) is 8.32 Å². The van der Waals surface area contributed by atoms with Crippen molar-refractivity contribution in [1.82, 2.24) is 0 Å². The summed E-state index contributed by atoms with van der Waals surface area (Å²) in [4.78, 5) is 11.2. The quantitative estimate of drug-likeness (QED) is 0.344. The van der Waals surface area contributed by atoms with E-state index in [1.54, 1.807) is 0 Å². The summed E-state index contributed by atoms with van der Waals surface area (Å²) in [6, 6.07) is 21.0. The summed E-state index contributed by atoms with van der Waals surface area (Å²) in [5.74, 6) is 0. The number of hydrogen-bond donors (Lipinski definition) is 0. The van der Waals surface area contributed by atoms with Crippen molar-refractivity contribution < 1.29 is 9.22 Å². The average Bonchev–Trinajstić information content (AvgIpc) is 2.60. The van der Waals surface area contributed by atoms with Crippen molar-refractivity contribution in [1.29, 1.82) is 0 Å². The van der Waals surface area contributed by atoms with Gasteiger partial charge in [-0.2, -0.15) is 0 Å². The van der Waals surface area contributed by atoms with Crippen molar-refractivity contribution in [3.63, 3.8) is 0 Å². The van der Waals surface area contributed by atoms with Crippen molar-refractivity contribution in [3.05, 3.63) is 70.8 Å². The number of hydrogen-bond acceptors (Lipinski definition) is 2. The molecule has 0 saturated carbocycles. The van der Waals surface area contributed by atoms with Crippen LogP contribution in [-0.2, 0) is 9.22 Å². The molecule has 0 heterocycles. The highest BCUT2D eigenvalue weighted by Crippen LogP contribution is 2.37. The summed E-state index contributed by atoms with van der Waals surface area (Å²) in [7, 11) is -2.60. The lowest BCUT2D eigenvalue weighted by Gasteiger charge is -2.44. The van der Waals surface area contributed by atoms with Crippen LogP contribution >= 0.6 is 22.6 Å². The molecular formula is C21H25IO2Si. The van der Waals surface area contributed by atoms with Gasteiger partial charge in [-0.05, 0) is 19.5 Å². The molecule has 132 valence electrons. The van der Waals surface area contributed by atoms with Crippen LogP contribution in [0, 0.1) is 0 Å². The van der Waals surface area contributed by atoms with E-state index in [0.29, 0.717) is 6.42 Å². The van der Waals surface area contributed by atoms with Gasteiger partial charge in [0.15, 0.2) is 0 Å². The van der Waals surface area contributed by atoms with Crippen LogP contribution in [0.25, 0.3) is 0 Å². The highest BCUT2D eigenvalue weighted by Gasteiger charge is 2.51. The molecule has 0 spiro atoms. The molecule has 2 nitrogen and oxygen atoms in total. The summed E-state index contributed by atoms with van der Waals surface area (Å²) < 4.78 is 8.81. The van der Waals surface area contributed by atoms with Crippen LogP contribution in [0.4, 0.5) is 0 Å². The molecule has 0 aliphatic carbocycles. The number of aldehydes is 1. The monoisotopic (exact) mass is 464 g/mol. The Balaban J connectivity index is 2.70. The van der Waals surface area contributed by atoms with Gasteiger partial charge in [0.05, 0.1) is 6.10 Å². The molecule has 0 amide bonds. The maximum absolute atomic E-state index is 11.2. The first-order valence-electron chi connectivity index (χ1n) is 8.45. The molecular weight excluding hydrogens is 439 g/mol. The second-order valence-corrected chi connectivity index (χ2v) is 12.0. The number of rotatable bonds is 7. The highest BCUT2D eigenvalue weighted by molar-refractivity contribution is 14.1. The zero-order chi connectivity index (χ0) is 18.3. The van der Waals surface area contributed by atoms with Crippen molar-refractivity contribution in [3.8, 4) is 0 Å². The van der Waals surface area contributed by atoms with Gasteiger partial charge in [-0.25, -0.2) is 0 Å². The van der Waals surface area contributed by atoms with Crippen LogP contribution in [0.15, 0.2) is 70.8 Å². The zero-order valence-corrected chi connectivity index (χ0v) is 18.1. The Morgan fingerprint density at radius 3 is 1.84 bits per heavy atom. The van der Waals surface area contributed by atoms with E-state index in [2.05, 4.69) is 91.9 Å². The highest BCUT2D eigenvalue weighted by atomic mass is 127. The maximum atomic E-state index is 11.2. The van der Waals surface area contributed by atoms with E-state index >= 15 is 0 Å². The van der Waals surface area contributed by atoms with Crippen LogP contribution in [-0.4, -0.2) is 20.7 Å². The number of carbonyl (C=O) groups excluding carboxylic acids is 1. The van der Waals surface area contributed by atoms with Crippen LogP contribution in [0.2, 0.25) is 5.04 Å². The molecule has 0 N–H and O–H groups in total. The molecule has 0 bridgehead atoms. The summed E-state index contributed by atoms with van der Waals surface area (Å²) >= 11 is 2.18. The Kier molecular flexibility index (Phi) is 7.16.